The van der Waals surface area contributed by atoms with E-state index < -0.39 is 16.8 Å². The van der Waals surface area contributed by atoms with Crippen molar-refractivity contribution in [1.29, 1.82) is 0 Å². The van der Waals surface area contributed by atoms with Crippen LogP contribution in [0.15, 0.2) is 23.3 Å². The van der Waals surface area contributed by atoms with Gasteiger partial charge in [0, 0.05) is 11.8 Å². The van der Waals surface area contributed by atoms with Crippen molar-refractivity contribution in [3.05, 3.63) is 23.3 Å². The van der Waals surface area contributed by atoms with E-state index in [9.17, 15) is 5.11 Å². The molecule has 1 saturated heterocycles. The number of hydrogen-bond acceptors (Lipinski definition) is 4. The molecule has 2 N–H and O–H groups in total. The predicted octanol–water partition coefficient (Wildman–Crippen LogP) is 1.78. The van der Waals surface area contributed by atoms with Gasteiger partial charge in [-0.15, -0.1) is 0 Å². The summed E-state index contributed by atoms with van der Waals surface area (Å²) in [5.74, 6) is 5.19. The Morgan fingerprint density at radius 1 is 1.38 bits per heavy atom. The number of aliphatic hydroxyl groups excluding tert-OH is 1. The van der Waals surface area contributed by atoms with Crippen molar-refractivity contribution in [2.24, 2.45) is 5.41 Å². The third kappa shape index (κ3) is 2.93. The number of aliphatic hydroxyl groups is 2. The summed E-state index contributed by atoms with van der Waals surface area (Å²) < 4.78 is 11.5. The van der Waals surface area contributed by atoms with Crippen molar-refractivity contribution in [3.63, 3.8) is 0 Å². The van der Waals surface area contributed by atoms with Gasteiger partial charge in [-0.25, -0.2) is 0 Å². The van der Waals surface area contributed by atoms with Gasteiger partial charge in [-0.1, -0.05) is 25.7 Å². The van der Waals surface area contributed by atoms with E-state index in [2.05, 4.69) is 11.8 Å². The number of rotatable bonds is 1. The van der Waals surface area contributed by atoms with Crippen LogP contribution in [0.25, 0.3) is 0 Å². The summed E-state index contributed by atoms with van der Waals surface area (Å²) >= 11 is 0. The molecule has 21 heavy (non-hydrogen) atoms. The molecular weight excluding hydrogens is 268 g/mol. The fourth-order valence-corrected chi connectivity index (χ4v) is 3.06. The second kappa shape index (κ2) is 5.58. The van der Waals surface area contributed by atoms with Gasteiger partial charge in [-0.2, -0.15) is 0 Å². The molecule has 116 valence electrons. The maximum atomic E-state index is 11.1. The van der Waals surface area contributed by atoms with Crippen LogP contribution in [0.4, 0.5) is 0 Å². The van der Waals surface area contributed by atoms with Gasteiger partial charge in [0.05, 0.1) is 19.8 Å². The maximum absolute atomic E-state index is 11.1. The van der Waals surface area contributed by atoms with Gasteiger partial charge in [0.15, 0.2) is 11.4 Å². The van der Waals surface area contributed by atoms with E-state index in [-0.39, 0.29) is 6.61 Å². The smallest absolute Gasteiger partial charge is 0.189 e. The van der Waals surface area contributed by atoms with E-state index in [1.54, 1.807) is 6.08 Å². The summed E-state index contributed by atoms with van der Waals surface area (Å²) in [7, 11) is 0. The standard InChI is InChI=1S/C17H24O4/c1-13(6-8-18)5-7-17(19)14(2)11-16(12-15(17,3)4)20-9-10-21-16/h6,11,18-19H,8-10,12H2,1-4H3. The Balaban J connectivity index is 2.40. The highest BCUT2D eigenvalue weighted by Crippen LogP contribution is 2.49. The van der Waals surface area contributed by atoms with Crippen LogP contribution < -0.4 is 0 Å². The maximum Gasteiger partial charge on any atom is 0.189 e. The van der Waals surface area contributed by atoms with E-state index in [1.807, 2.05) is 33.8 Å². The summed E-state index contributed by atoms with van der Waals surface area (Å²) in [6, 6.07) is 0. The van der Waals surface area contributed by atoms with E-state index in [1.165, 1.54) is 0 Å². The lowest BCUT2D eigenvalue weighted by Gasteiger charge is -2.48. The highest BCUT2D eigenvalue weighted by molar-refractivity contribution is 5.42. The van der Waals surface area contributed by atoms with E-state index in [0.717, 1.165) is 11.1 Å². The highest BCUT2D eigenvalue weighted by Gasteiger charge is 2.54. The lowest BCUT2D eigenvalue weighted by Crippen LogP contribution is -2.53. The first-order chi connectivity index (χ1) is 9.75. The van der Waals surface area contributed by atoms with Crippen molar-refractivity contribution < 1.29 is 19.7 Å². The highest BCUT2D eigenvalue weighted by atomic mass is 16.7. The second-order valence-corrected chi connectivity index (χ2v) is 6.43. The normalized spacial score (nSPS) is 30.8. The third-order valence-corrected chi connectivity index (χ3v) is 4.29. The molecule has 0 aromatic rings. The zero-order chi connectivity index (χ0) is 15.7. The molecule has 0 saturated carbocycles. The molecule has 0 aromatic heterocycles. The zero-order valence-electron chi connectivity index (χ0n) is 13.2. The van der Waals surface area contributed by atoms with Crippen molar-refractivity contribution >= 4 is 0 Å². The van der Waals surface area contributed by atoms with Gasteiger partial charge < -0.3 is 19.7 Å². The van der Waals surface area contributed by atoms with Crippen LogP contribution in [0.3, 0.4) is 0 Å². The Kier molecular flexibility index (Phi) is 4.32. The lowest BCUT2D eigenvalue weighted by atomic mass is 9.63. The Bertz CT molecular complexity index is 527. The van der Waals surface area contributed by atoms with Crippen LogP contribution in [-0.4, -0.2) is 41.4 Å². The molecule has 1 aliphatic heterocycles. The Morgan fingerprint density at radius 3 is 2.52 bits per heavy atom. The molecule has 2 aliphatic rings. The lowest BCUT2D eigenvalue weighted by molar-refractivity contribution is -0.169. The van der Waals surface area contributed by atoms with Crippen molar-refractivity contribution in [2.75, 3.05) is 19.8 Å². The Labute approximate surface area is 126 Å². The van der Waals surface area contributed by atoms with E-state index >= 15 is 0 Å². The van der Waals surface area contributed by atoms with Gasteiger partial charge in [0.25, 0.3) is 0 Å². The molecule has 1 fully saturated rings. The molecular formula is C17H24O4. The first kappa shape index (κ1) is 16.3. The van der Waals surface area contributed by atoms with Crippen LogP contribution in [0, 0.1) is 17.3 Å². The Hall–Kier alpha value is -1.12. The molecule has 0 bridgehead atoms. The molecule has 4 nitrogen and oxygen atoms in total. The van der Waals surface area contributed by atoms with Crippen molar-refractivity contribution in [2.45, 2.75) is 45.5 Å². The summed E-state index contributed by atoms with van der Waals surface area (Å²) in [5.41, 5.74) is -0.269. The average Bonchev–Trinajstić information content (AvgIpc) is 2.81. The van der Waals surface area contributed by atoms with Crippen LogP contribution in [0.2, 0.25) is 0 Å². The minimum absolute atomic E-state index is 0.0536. The summed E-state index contributed by atoms with van der Waals surface area (Å²) in [6.07, 6.45) is 4.02. The van der Waals surface area contributed by atoms with Gasteiger partial charge in [-0.05, 0) is 37.1 Å². The second-order valence-electron chi connectivity index (χ2n) is 6.43. The summed E-state index contributed by atoms with van der Waals surface area (Å²) in [4.78, 5) is 0. The molecule has 0 aromatic carbocycles. The minimum Gasteiger partial charge on any atom is -0.392 e. The van der Waals surface area contributed by atoms with Gasteiger partial charge in [0.2, 0.25) is 0 Å². The first-order valence-electron chi connectivity index (χ1n) is 7.26. The Morgan fingerprint density at radius 2 is 2.00 bits per heavy atom. The van der Waals surface area contributed by atoms with Gasteiger partial charge in [-0.3, -0.25) is 0 Å². The quantitative estimate of drug-likeness (QED) is 0.571. The molecule has 0 amide bonds. The van der Waals surface area contributed by atoms with Crippen LogP contribution in [0.5, 0.6) is 0 Å². The number of allylic oxidation sites excluding steroid dienone is 1. The molecule has 4 heteroatoms. The van der Waals surface area contributed by atoms with E-state index in [0.29, 0.717) is 19.6 Å². The van der Waals surface area contributed by atoms with Crippen LogP contribution in [0.1, 0.15) is 34.1 Å². The monoisotopic (exact) mass is 292 g/mol. The average molecular weight is 292 g/mol. The molecule has 0 radical (unpaired) electrons. The molecule has 2 rings (SSSR count). The van der Waals surface area contributed by atoms with Gasteiger partial charge in [0.1, 0.15) is 0 Å². The summed E-state index contributed by atoms with van der Waals surface area (Å²) in [5, 5.41) is 20.0. The molecule has 1 heterocycles. The zero-order valence-corrected chi connectivity index (χ0v) is 13.2. The van der Waals surface area contributed by atoms with Crippen molar-refractivity contribution in [3.8, 4) is 11.8 Å². The fraction of sp³-hybridized carbons (Fsp3) is 0.647. The number of hydrogen-bond donors (Lipinski definition) is 2. The topological polar surface area (TPSA) is 58.9 Å². The van der Waals surface area contributed by atoms with Crippen LogP contribution in [-0.2, 0) is 9.47 Å². The molecule has 1 spiro atoms. The van der Waals surface area contributed by atoms with E-state index in [4.69, 9.17) is 14.6 Å². The van der Waals surface area contributed by atoms with Crippen molar-refractivity contribution in [1.82, 2.24) is 0 Å². The molecule has 1 unspecified atom stereocenters. The molecule has 1 atom stereocenters. The van der Waals surface area contributed by atoms with Gasteiger partial charge >= 0.3 is 0 Å². The largest absolute Gasteiger partial charge is 0.392 e. The molecule has 1 aliphatic carbocycles. The SMILES string of the molecule is CC(C#CC1(O)C(C)=CC2(CC1(C)C)OCCO2)=CCO. The number of ether oxygens (including phenoxy) is 2. The van der Waals surface area contributed by atoms with Crippen LogP contribution >= 0.6 is 0 Å². The predicted molar refractivity (Wildman–Crippen MR) is 80.4 cm³/mol. The fourth-order valence-electron chi connectivity index (χ4n) is 3.06. The minimum atomic E-state index is -1.24. The third-order valence-electron chi connectivity index (χ3n) is 4.29. The summed E-state index contributed by atoms with van der Waals surface area (Å²) in [6.45, 7) is 8.69. The first-order valence-corrected chi connectivity index (χ1v) is 7.26.